The monoisotopic (exact) mass is 397 g/mol. The highest BCUT2D eigenvalue weighted by atomic mass is 19.4. The standard InChI is InChI=1S/C20H26F3N3O2/c1-14-12-16(9-11-25(14)13-15-6-3-2-4-7-15)24-18(27)17-8-5-10-26(17)19(28)20(21,22)23/h2-4,6-7,14,16-17H,5,8-13H2,1H3,(H,24,27). The number of nitrogens with one attached hydrogen (secondary N) is 1. The molecule has 154 valence electrons. The lowest BCUT2D eigenvalue weighted by Gasteiger charge is -2.38. The molecule has 2 amide bonds. The largest absolute Gasteiger partial charge is 0.471 e. The van der Waals surface area contributed by atoms with Crippen molar-refractivity contribution < 1.29 is 22.8 Å². The fourth-order valence-corrected chi connectivity index (χ4v) is 4.15. The molecule has 2 aliphatic heterocycles. The van der Waals surface area contributed by atoms with Crippen molar-refractivity contribution in [2.24, 2.45) is 0 Å². The van der Waals surface area contributed by atoms with Gasteiger partial charge in [0.25, 0.3) is 0 Å². The Balaban J connectivity index is 1.53. The van der Waals surface area contributed by atoms with E-state index in [1.54, 1.807) is 0 Å². The third kappa shape index (κ3) is 4.84. The summed E-state index contributed by atoms with van der Waals surface area (Å²) in [4.78, 5) is 27.1. The second-order valence-electron chi connectivity index (χ2n) is 7.69. The topological polar surface area (TPSA) is 52.7 Å². The number of benzene rings is 1. The third-order valence-corrected chi connectivity index (χ3v) is 5.65. The van der Waals surface area contributed by atoms with E-state index in [0.29, 0.717) is 11.3 Å². The van der Waals surface area contributed by atoms with Crippen LogP contribution in [0, 0.1) is 0 Å². The van der Waals surface area contributed by atoms with Crippen molar-refractivity contribution in [3.8, 4) is 0 Å². The molecular weight excluding hydrogens is 371 g/mol. The lowest BCUT2D eigenvalue weighted by molar-refractivity contribution is -0.186. The van der Waals surface area contributed by atoms with Crippen molar-refractivity contribution in [1.82, 2.24) is 15.1 Å². The molecule has 28 heavy (non-hydrogen) atoms. The molecule has 8 heteroatoms. The van der Waals surface area contributed by atoms with Gasteiger partial charge in [0.05, 0.1) is 0 Å². The first-order chi connectivity index (χ1) is 13.3. The maximum atomic E-state index is 12.7. The first-order valence-electron chi connectivity index (χ1n) is 9.72. The summed E-state index contributed by atoms with van der Waals surface area (Å²) in [5.74, 6) is -2.39. The van der Waals surface area contributed by atoms with Gasteiger partial charge in [-0.15, -0.1) is 0 Å². The summed E-state index contributed by atoms with van der Waals surface area (Å²) in [6.07, 6.45) is -2.79. The minimum absolute atomic E-state index is 0.0254. The van der Waals surface area contributed by atoms with Crippen molar-refractivity contribution in [3.05, 3.63) is 35.9 Å². The van der Waals surface area contributed by atoms with Gasteiger partial charge in [-0.05, 0) is 38.2 Å². The van der Waals surface area contributed by atoms with Crippen LogP contribution in [0.2, 0.25) is 0 Å². The van der Waals surface area contributed by atoms with E-state index >= 15 is 0 Å². The van der Waals surface area contributed by atoms with Crippen molar-refractivity contribution in [1.29, 1.82) is 0 Å². The Bertz CT molecular complexity index is 696. The highest BCUT2D eigenvalue weighted by Crippen LogP contribution is 2.26. The van der Waals surface area contributed by atoms with Crippen LogP contribution in [0.3, 0.4) is 0 Å². The van der Waals surface area contributed by atoms with Crippen LogP contribution in [0.1, 0.15) is 38.2 Å². The fraction of sp³-hybridized carbons (Fsp3) is 0.600. The van der Waals surface area contributed by atoms with Crippen LogP contribution in [0.25, 0.3) is 0 Å². The number of alkyl halides is 3. The van der Waals surface area contributed by atoms with Crippen molar-refractivity contribution >= 4 is 11.8 Å². The molecule has 3 unspecified atom stereocenters. The molecule has 0 bridgehead atoms. The first-order valence-corrected chi connectivity index (χ1v) is 9.72. The zero-order valence-corrected chi connectivity index (χ0v) is 15.9. The number of carbonyl (C=O) groups is 2. The van der Waals surface area contributed by atoms with Crippen LogP contribution >= 0.6 is 0 Å². The zero-order chi connectivity index (χ0) is 20.3. The molecule has 2 saturated heterocycles. The van der Waals surface area contributed by atoms with E-state index < -0.39 is 24.0 Å². The summed E-state index contributed by atoms with van der Waals surface area (Å²) in [6.45, 7) is 3.70. The summed E-state index contributed by atoms with van der Waals surface area (Å²) >= 11 is 0. The van der Waals surface area contributed by atoms with Crippen molar-refractivity contribution in [2.45, 2.75) is 63.5 Å². The lowest BCUT2D eigenvalue weighted by atomic mass is 9.97. The minimum Gasteiger partial charge on any atom is -0.351 e. The van der Waals surface area contributed by atoms with E-state index in [1.807, 2.05) is 18.2 Å². The molecule has 2 fully saturated rings. The van der Waals surface area contributed by atoms with E-state index in [0.717, 1.165) is 25.9 Å². The Morgan fingerprint density at radius 2 is 1.86 bits per heavy atom. The number of amides is 2. The molecule has 3 atom stereocenters. The van der Waals surface area contributed by atoms with Crippen LogP contribution in [0.4, 0.5) is 13.2 Å². The van der Waals surface area contributed by atoms with Crippen LogP contribution in [-0.2, 0) is 16.1 Å². The van der Waals surface area contributed by atoms with Gasteiger partial charge in [-0.1, -0.05) is 30.3 Å². The Morgan fingerprint density at radius 1 is 1.14 bits per heavy atom. The highest BCUT2D eigenvalue weighted by Gasteiger charge is 2.47. The van der Waals surface area contributed by atoms with Gasteiger partial charge in [0, 0.05) is 31.7 Å². The van der Waals surface area contributed by atoms with E-state index in [2.05, 4.69) is 29.3 Å². The molecule has 0 saturated carbocycles. The third-order valence-electron chi connectivity index (χ3n) is 5.65. The normalized spacial score (nSPS) is 26.3. The molecule has 0 aliphatic carbocycles. The molecule has 1 aromatic carbocycles. The number of carbonyl (C=O) groups excluding carboxylic acids is 2. The quantitative estimate of drug-likeness (QED) is 0.850. The van der Waals surface area contributed by atoms with E-state index in [-0.39, 0.29) is 25.0 Å². The number of rotatable bonds is 4. The molecule has 1 N–H and O–H groups in total. The molecule has 0 spiro atoms. The Hall–Kier alpha value is -2.09. The van der Waals surface area contributed by atoms with Gasteiger partial charge in [0.15, 0.2) is 0 Å². The van der Waals surface area contributed by atoms with E-state index in [1.165, 1.54) is 5.56 Å². The Labute approximate surface area is 162 Å². The highest BCUT2D eigenvalue weighted by molar-refractivity contribution is 5.90. The molecule has 3 rings (SSSR count). The lowest BCUT2D eigenvalue weighted by Crippen LogP contribution is -2.54. The van der Waals surface area contributed by atoms with Gasteiger partial charge in [-0.25, -0.2) is 0 Å². The predicted molar refractivity (Wildman–Crippen MR) is 98.3 cm³/mol. The second-order valence-corrected chi connectivity index (χ2v) is 7.69. The maximum Gasteiger partial charge on any atom is 0.471 e. The average molecular weight is 397 g/mol. The summed E-state index contributed by atoms with van der Waals surface area (Å²) in [5, 5.41) is 2.89. The molecule has 2 aliphatic rings. The van der Waals surface area contributed by atoms with Crippen molar-refractivity contribution in [3.63, 3.8) is 0 Å². The van der Waals surface area contributed by atoms with Gasteiger partial charge in [0.2, 0.25) is 5.91 Å². The van der Waals surface area contributed by atoms with Crippen LogP contribution in [0.15, 0.2) is 30.3 Å². The number of piperidine rings is 1. The van der Waals surface area contributed by atoms with Crippen LogP contribution in [0.5, 0.6) is 0 Å². The van der Waals surface area contributed by atoms with E-state index in [4.69, 9.17) is 0 Å². The molecule has 2 heterocycles. The van der Waals surface area contributed by atoms with Crippen LogP contribution < -0.4 is 5.32 Å². The number of halogens is 3. The molecule has 1 aromatic rings. The molecule has 0 radical (unpaired) electrons. The van der Waals surface area contributed by atoms with Gasteiger partial charge in [-0.2, -0.15) is 13.2 Å². The van der Waals surface area contributed by atoms with Gasteiger partial charge in [0.1, 0.15) is 6.04 Å². The smallest absolute Gasteiger partial charge is 0.351 e. The summed E-state index contributed by atoms with van der Waals surface area (Å²) in [5.41, 5.74) is 1.23. The average Bonchev–Trinajstić information content (AvgIpc) is 3.13. The molecular formula is C20H26F3N3O2. The summed E-state index contributed by atoms with van der Waals surface area (Å²) in [6, 6.07) is 9.27. The van der Waals surface area contributed by atoms with Crippen LogP contribution in [-0.4, -0.2) is 59.0 Å². The first kappa shape index (κ1) is 20.6. The SMILES string of the molecule is CC1CC(NC(=O)C2CCCN2C(=O)C(F)(F)F)CCN1Cc1ccccc1. The second kappa shape index (κ2) is 8.51. The predicted octanol–water partition coefficient (Wildman–Crippen LogP) is 2.71. The van der Waals surface area contributed by atoms with Gasteiger partial charge in [-0.3, -0.25) is 14.5 Å². The Morgan fingerprint density at radius 3 is 2.50 bits per heavy atom. The molecule has 0 aromatic heterocycles. The maximum absolute atomic E-state index is 12.7. The Kier molecular flexibility index (Phi) is 6.27. The van der Waals surface area contributed by atoms with Gasteiger partial charge >= 0.3 is 12.1 Å². The van der Waals surface area contributed by atoms with Gasteiger partial charge < -0.3 is 10.2 Å². The molecule has 5 nitrogen and oxygen atoms in total. The number of hydrogen-bond donors (Lipinski definition) is 1. The minimum atomic E-state index is -4.94. The summed E-state index contributed by atoms with van der Waals surface area (Å²) in [7, 11) is 0. The number of likely N-dealkylation sites (tertiary alicyclic amines) is 2. The summed E-state index contributed by atoms with van der Waals surface area (Å²) < 4.78 is 38.2. The van der Waals surface area contributed by atoms with E-state index in [9.17, 15) is 22.8 Å². The number of hydrogen-bond acceptors (Lipinski definition) is 3. The zero-order valence-electron chi connectivity index (χ0n) is 15.9. The number of nitrogens with zero attached hydrogens (tertiary/aromatic N) is 2. The van der Waals surface area contributed by atoms with Crippen molar-refractivity contribution in [2.75, 3.05) is 13.1 Å². The fourth-order valence-electron chi connectivity index (χ4n) is 4.15.